The van der Waals surface area contributed by atoms with E-state index in [9.17, 15) is 0 Å². The third-order valence-corrected chi connectivity index (χ3v) is 2.56. The number of hydrogen-bond acceptors (Lipinski definition) is 3. The van der Waals surface area contributed by atoms with E-state index in [1.165, 1.54) is 0 Å². The number of ether oxygens (including phenoxy) is 3. The third-order valence-electron chi connectivity index (χ3n) is 2.02. The summed E-state index contributed by atoms with van der Waals surface area (Å²) in [5.74, 6) is 0.607. The molecule has 0 aliphatic heterocycles. The smallest absolute Gasteiger partial charge is 0.139 e. The standard InChI is InChI=1S/C12H16Cl2O3/c1-15-7-8-16-5-2-6-17-12-9-10(13)3-4-11(12)14/h3-4,9H,2,5-8H2,1H3. The van der Waals surface area contributed by atoms with Crippen LogP contribution in [0.25, 0.3) is 0 Å². The normalized spacial score (nSPS) is 10.5. The predicted octanol–water partition coefficient (Wildman–Crippen LogP) is 3.43. The molecule has 0 saturated carbocycles. The summed E-state index contributed by atoms with van der Waals surface area (Å²) in [5, 5.41) is 1.18. The van der Waals surface area contributed by atoms with Crippen molar-refractivity contribution in [3.05, 3.63) is 28.2 Å². The number of methoxy groups -OCH3 is 1. The quantitative estimate of drug-likeness (QED) is 0.682. The molecule has 0 aromatic heterocycles. The first kappa shape index (κ1) is 14.6. The van der Waals surface area contributed by atoms with Gasteiger partial charge in [0.25, 0.3) is 0 Å². The first-order valence-corrected chi connectivity index (χ1v) is 6.14. The average molecular weight is 279 g/mol. The molecular formula is C12H16Cl2O3. The summed E-state index contributed by atoms with van der Waals surface area (Å²) in [5.41, 5.74) is 0. The monoisotopic (exact) mass is 278 g/mol. The summed E-state index contributed by atoms with van der Waals surface area (Å²) in [6, 6.07) is 5.15. The van der Waals surface area contributed by atoms with E-state index in [0.717, 1.165) is 6.42 Å². The lowest BCUT2D eigenvalue weighted by Crippen LogP contribution is -2.06. The van der Waals surface area contributed by atoms with Crippen LogP contribution in [0, 0.1) is 0 Å². The maximum atomic E-state index is 5.95. The molecular weight excluding hydrogens is 263 g/mol. The molecule has 0 fully saturated rings. The van der Waals surface area contributed by atoms with Gasteiger partial charge in [-0.15, -0.1) is 0 Å². The second-order valence-corrected chi connectivity index (χ2v) is 4.23. The summed E-state index contributed by atoms with van der Waals surface area (Å²) < 4.78 is 15.7. The highest BCUT2D eigenvalue weighted by Gasteiger charge is 2.02. The van der Waals surface area contributed by atoms with Gasteiger partial charge in [0.2, 0.25) is 0 Å². The molecule has 0 aliphatic carbocycles. The molecule has 0 N–H and O–H groups in total. The predicted molar refractivity (Wildman–Crippen MR) is 69.3 cm³/mol. The van der Waals surface area contributed by atoms with E-state index in [1.54, 1.807) is 25.3 Å². The van der Waals surface area contributed by atoms with Gasteiger partial charge in [0.15, 0.2) is 0 Å². The summed E-state index contributed by atoms with van der Waals surface area (Å²) in [6.45, 7) is 2.41. The first-order valence-electron chi connectivity index (χ1n) is 5.38. The maximum Gasteiger partial charge on any atom is 0.139 e. The maximum absolute atomic E-state index is 5.95. The Labute approximate surface area is 112 Å². The van der Waals surface area contributed by atoms with Crippen LogP contribution in [-0.2, 0) is 9.47 Å². The van der Waals surface area contributed by atoms with E-state index >= 15 is 0 Å². The van der Waals surface area contributed by atoms with Crippen molar-refractivity contribution in [1.82, 2.24) is 0 Å². The van der Waals surface area contributed by atoms with E-state index in [1.807, 2.05) is 0 Å². The average Bonchev–Trinajstić information content (AvgIpc) is 2.32. The second-order valence-electron chi connectivity index (χ2n) is 3.38. The lowest BCUT2D eigenvalue weighted by atomic mass is 10.3. The number of rotatable bonds is 8. The fraction of sp³-hybridized carbons (Fsp3) is 0.500. The van der Waals surface area contributed by atoms with Crippen LogP contribution in [-0.4, -0.2) is 33.5 Å². The highest BCUT2D eigenvalue weighted by molar-refractivity contribution is 6.34. The Morgan fingerprint density at radius 3 is 2.65 bits per heavy atom. The number of benzene rings is 1. The van der Waals surface area contributed by atoms with Gasteiger partial charge in [-0.3, -0.25) is 0 Å². The largest absolute Gasteiger partial charge is 0.492 e. The Hall–Kier alpha value is -0.480. The first-order chi connectivity index (χ1) is 8.24. The van der Waals surface area contributed by atoms with E-state index in [2.05, 4.69) is 0 Å². The Balaban J connectivity index is 2.15. The zero-order chi connectivity index (χ0) is 12.5. The van der Waals surface area contributed by atoms with Gasteiger partial charge in [-0.1, -0.05) is 23.2 Å². The van der Waals surface area contributed by atoms with Crippen LogP contribution in [0.5, 0.6) is 5.75 Å². The van der Waals surface area contributed by atoms with Crippen LogP contribution >= 0.6 is 23.2 Å². The van der Waals surface area contributed by atoms with Crippen LogP contribution in [0.2, 0.25) is 10.0 Å². The molecule has 0 spiro atoms. The lowest BCUT2D eigenvalue weighted by molar-refractivity contribution is 0.0644. The minimum Gasteiger partial charge on any atom is -0.492 e. The summed E-state index contributed by atoms with van der Waals surface area (Å²) in [4.78, 5) is 0. The molecule has 0 saturated heterocycles. The Morgan fingerprint density at radius 2 is 1.88 bits per heavy atom. The Bertz CT molecular complexity index is 332. The molecule has 3 nitrogen and oxygen atoms in total. The van der Waals surface area contributed by atoms with E-state index in [4.69, 9.17) is 37.4 Å². The third kappa shape index (κ3) is 6.13. The van der Waals surface area contributed by atoms with Crippen molar-refractivity contribution >= 4 is 23.2 Å². The molecule has 1 aromatic carbocycles. The van der Waals surface area contributed by atoms with Crippen LogP contribution in [0.15, 0.2) is 18.2 Å². The number of hydrogen-bond donors (Lipinski definition) is 0. The van der Waals surface area contributed by atoms with E-state index in [0.29, 0.717) is 42.2 Å². The highest BCUT2D eigenvalue weighted by Crippen LogP contribution is 2.27. The summed E-state index contributed by atoms with van der Waals surface area (Å²) in [6.07, 6.45) is 0.798. The van der Waals surface area contributed by atoms with Crippen molar-refractivity contribution in [1.29, 1.82) is 0 Å². The highest BCUT2D eigenvalue weighted by atomic mass is 35.5. The van der Waals surface area contributed by atoms with Gasteiger partial charge >= 0.3 is 0 Å². The molecule has 0 aliphatic rings. The van der Waals surface area contributed by atoms with Crippen molar-refractivity contribution in [2.24, 2.45) is 0 Å². The molecule has 0 amide bonds. The molecule has 0 radical (unpaired) electrons. The van der Waals surface area contributed by atoms with Gasteiger partial charge in [-0.2, -0.15) is 0 Å². The van der Waals surface area contributed by atoms with Gasteiger partial charge in [0, 0.05) is 31.2 Å². The Morgan fingerprint density at radius 1 is 1.06 bits per heavy atom. The molecule has 0 unspecified atom stereocenters. The van der Waals surface area contributed by atoms with Crippen molar-refractivity contribution in [2.75, 3.05) is 33.5 Å². The van der Waals surface area contributed by atoms with Gasteiger partial charge in [0.1, 0.15) is 5.75 Å². The molecule has 0 atom stereocenters. The van der Waals surface area contributed by atoms with Crippen molar-refractivity contribution < 1.29 is 14.2 Å². The van der Waals surface area contributed by atoms with Crippen LogP contribution in [0.4, 0.5) is 0 Å². The second kappa shape index (κ2) is 8.59. The molecule has 1 aromatic rings. The SMILES string of the molecule is COCCOCCCOc1cc(Cl)ccc1Cl. The lowest BCUT2D eigenvalue weighted by Gasteiger charge is -2.08. The van der Waals surface area contributed by atoms with Crippen molar-refractivity contribution in [3.8, 4) is 5.75 Å². The van der Waals surface area contributed by atoms with E-state index in [-0.39, 0.29) is 0 Å². The van der Waals surface area contributed by atoms with E-state index < -0.39 is 0 Å². The minimum absolute atomic E-state index is 0.549. The topological polar surface area (TPSA) is 27.7 Å². The molecule has 5 heteroatoms. The van der Waals surface area contributed by atoms with Gasteiger partial charge in [-0.25, -0.2) is 0 Å². The Kier molecular flexibility index (Phi) is 7.37. The summed E-state index contributed by atoms with van der Waals surface area (Å²) in [7, 11) is 1.65. The molecule has 1 rings (SSSR count). The van der Waals surface area contributed by atoms with Crippen LogP contribution < -0.4 is 4.74 Å². The van der Waals surface area contributed by atoms with Crippen molar-refractivity contribution in [3.63, 3.8) is 0 Å². The minimum atomic E-state index is 0.549. The van der Waals surface area contributed by atoms with Crippen LogP contribution in [0.3, 0.4) is 0 Å². The van der Waals surface area contributed by atoms with Crippen molar-refractivity contribution in [2.45, 2.75) is 6.42 Å². The summed E-state index contributed by atoms with van der Waals surface area (Å²) >= 11 is 11.8. The molecule has 17 heavy (non-hydrogen) atoms. The fourth-order valence-corrected chi connectivity index (χ4v) is 1.51. The van der Waals surface area contributed by atoms with Crippen LogP contribution in [0.1, 0.15) is 6.42 Å². The number of halogens is 2. The molecule has 0 heterocycles. The molecule has 0 bridgehead atoms. The van der Waals surface area contributed by atoms with Gasteiger partial charge in [0.05, 0.1) is 24.8 Å². The van der Waals surface area contributed by atoms with Gasteiger partial charge < -0.3 is 14.2 Å². The zero-order valence-corrected chi connectivity index (χ0v) is 11.3. The van der Waals surface area contributed by atoms with Gasteiger partial charge in [-0.05, 0) is 12.1 Å². The fourth-order valence-electron chi connectivity index (χ4n) is 1.18. The zero-order valence-electron chi connectivity index (χ0n) is 9.75. The molecule has 96 valence electrons.